The summed E-state index contributed by atoms with van der Waals surface area (Å²) >= 11 is 0. The first-order valence-corrected chi connectivity index (χ1v) is 8.14. The number of carbonyl (C=O) groups excluding carboxylic acids is 1. The molecule has 0 spiro atoms. The SMILES string of the molecule is CNCC1CCN(C(=O)C(C)CC2CCCCC2)C1. The fraction of sp³-hybridized carbons (Fsp3) is 0.938. The quantitative estimate of drug-likeness (QED) is 0.829. The second-order valence-electron chi connectivity index (χ2n) is 6.64. The van der Waals surface area contributed by atoms with Crippen molar-refractivity contribution < 1.29 is 4.79 Å². The average Bonchev–Trinajstić information content (AvgIpc) is 2.88. The normalized spacial score (nSPS) is 26.6. The van der Waals surface area contributed by atoms with Crippen LogP contribution in [0.5, 0.6) is 0 Å². The predicted octanol–water partition coefficient (Wildman–Crippen LogP) is 2.66. The van der Waals surface area contributed by atoms with Gasteiger partial charge in [0.2, 0.25) is 5.91 Å². The molecule has 2 atom stereocenters. The Hall–Kier alpha value is -0.570. The van der Waals surface area contributed by atoms with E-state index in [1.807, 2.05) is 7.05 Å². The summed E-state index contributed by atoms with van der Waals surface area (Å²) in [5, 5.41) is 3.23. The summed E-state index contributed by atoms with van der Waals surface area (Å²) in [4.78, 5) is 14.6. The van der Waals surface area contributed by atoms with Crippen LogP contribution >= 0.6 is 0 Å². The van der Waals surface area contributed by atoms with Crippen molar-refractivity contribution in [2.75, 3.05) is 26.7 Å². The smallest absolute Gasteiger partial charge is 0.225 e. The monoisotopic (exact) mass is 266 g/mol. The van der Waals surface area contributed by atoms with E-state index in [1.54, 1.807) is 0 Å². The highest BCUT2D eigenvalue weighted by atomic mass is 16.2. The van der Waals surface area contributed by atoms with Gasteiger partial charge in [0.1, 0.15) is 0 Å². The van der Waals surface area contributed by atoms with Crippen LogP contribution in [0.3, 0.4) is 0 Å². The Balaban J connectivity index is 1.75. The minimum absolute atomic E-state index is 0.233. The van der Waals surface area contributed by atoms with Crippen LogP contribution < -0.4 is 5.32 Å². The Morgan fingerprint density at radius 3 is 2.63 bits per heavy atom. The molecule has 2 unspecified atom stereocenters. The van der Waals surface area contributed by atoms with E-state index in [1.165, 1.54) is 38.5 Å². The van der Waals surface area contributed by atoms with Gasteiger partial charge in [-0.3, -0.25) is 4.79 Å². The molecule has 19 heavy (non-hydrogen) atoms. The van der Waals surface area contributed by atoms with E-state index in [4.69, 9.17) is 0 Å². The first kappa shape index (κ1) is 14.8. The van der Waals surface area contributed by atoms with Crippen LogP contribution in [0.4, 0.5) is 0 Å². The highest BCUT2D eigenvalue weighted by Gasteiger charge is 2.29. The van der Waals surface area contributed by atoms with Crippen molar-refractivity contribution in [2.24, 2.45) is 17.8 Å². The molecule has 2 aliphatic rings. The highest BCUT2D eigenvalue weighted by molar-refractivity contribution is 5.78. The maximum atomic E-state index is 12.5. The molecule has 0 bridgehead atoms. The molecule has 1 saturated heterocycles. The number of rotatable bonds is 5. The Bertz CT molecular complexity index is 286. The Morgan fingerprint density at radius 1 is 1.21 bits per heavy atom. The van der Waals surface area contributed by atoms with E-state index in [0.717, 1.165) is 32.0 Å². The van der Waals surface area contributed by atoms with Crippen LogP contribution in [-0.4, -0.2) is 37.5 Å². The lowest BCUT2D eigenvalue weighted by Gasteiger charge is -2.27. The molecule has 1 aliphatic carbocycles. The zero-order valence-corrected chi connectivity index (χ0v) is 12.7. The lowest BCUT2D eigenvalue weighted by molar-refractivity contribution is -0.134. The second kappa shape index (κ2) is 7.28. The standard InChI is InChI=1S/C16H30N2O/c1-13(10-14-6-4-3-5-7-14)16(19)18-9-8-15(12-18)11-17-2/h13-15,17H,3-12H2,1-2H3. The van der Waals surface area contributed by atoms with Crippen molar-refractivity contribution in [1.29, 1.82) is 0 Å². The Kier molecular flexibility index (Phi) is 5.68. The molecule has 1 N–H and O–H groups in total. The zero-order valence-electron chi connectivity index (χ0n) is 12.7. The minimum Gasteiger partial charge on any atom is -0.342 e. The molecule has 2 rings (SSSR count). The van der Waals surface area contributed by atoms with Gasteiger partial charge in [0, 0.05) is 19.0 Å². The first-order chi connectivity index (χ1) is 9.20. The highest BCUT2D eigenvalue weighted by Crippen LogP contribution is 2.30. The molecule has 1 heterocycles. The van der Waals surface area contributed by atoms with E-state index in [-0.39, 0.29) is 5.92 Å². The predicted molar refractivity (Wildman–Crippen MR) is 79.0 cm³/mol. The van der Waals surface area contributed by atoms with E-state index < -0.39 is 0 Å². The summed E-state index contributed by atoms with van der Waals surface area (Å²) in [6.45, 7) is 5.12. The van der Waals surface area contributed by atoms with Gasteiger partial charge in [-0.2, -0.15) is 0 Å². The minimum atomic E-state index is 0.233. The maximum Gasteiger partial charge on any atom is 0.225 e. The summed E-state index contributed by atoms with van der Waals surface area (Å²) in [6, 6.07) is 0. The van der Waals surface area contributed by atoms with Crippen molar-refractivity contribution >= 4 is 5.91 Å². The fourth-order valence-corrected chi connectivity index (χ4v) is 3.82. The molecular formula is C16H30N2O. The number of hydrogen-bond donors (Lipinski definition) is 1. The number of nitrogens with one attached hydrogen (secondary N) is 1. The molecule has 0 radical (unpaired) electrons. The first-order valence-electron chi connectivity index (χ1n) is 8.14. The second-order valence-corrected chi connectivity index (χ2v) is 6.64. The topological polar surface area (TPSA) is 32.3 Å². The average molecular weight is 266 g/mol. The van der Waals surface area contributed by atoms with Gasteiger partial charge in [-0.15, -0.1) is 0 Å². The number of hydrogen-bond acceptors (Lipinski definition) is 2. The molecule has 0 aromatic rings. The zero-order chi connectivity index (χ0) is 13.7. The van der Waals surface area contributed by atoms with Gasteiger partial charge in [-0.05, 0) is 38.3 Å². The van der Waals surface area contributed by atoms with Crippen LogP contribution in [0.2, 0.25) is 0 Å². The largest absolute Gasteiger partial charge is 0.342 e. The van der Waals surface area contributed by atoms with E-state index in [9.17, 15) is 4.79 Å². The fourth-order valence-electron chi connectivity index (χ4n) is 3.82. The van der Waals surface area contributed by atoms with E-state index in [2.05, 4.69) is 17.1 Å². The summed E-state index contributed by atoms with van der Waals surface area (Å²) in [5.74, 6) is 2.11. The van der Waals surface area contributed by atoms with E-state index >= 15 is 0 Å². The van der Waals surface area contributed by atoms with Gasteiger partial charge >= 0.3 is 0 Å². The Labute approximate surface area is 118 Å². The third kappa shape index (κ3) is 4.20. The van der Waals surface area contributed by atoms with Crippen molar-refractivity contribution in [3.05, 3.63) is 0 Å². The molecule has 1 saturated carbocycles. The van der Waals surface area contributed by atoms with Gasteiger partial charge in [0.05, 0.1) is 0 Å². The summed E-state index contributed by atoms with van der Waals surface area (Å²) in [5.41, 5.74) is 0. The van der Waals surface area contributed by atoms with Gasteiger partial charge in [-0.1, -0.05) is 39.0 Å². The Morgan fingerprint density at radius 2 is 1.95 bits per heavy atom. The van der Waals surface area contributed by atoms with Crippen molar-refractivity contribution in [3.8, 4) is 0 Å². The molecule has 0 aromatic carbocycles. The van der Waals surface area contributed by atoms with E-state index in [0.29, 0.717) is 11.8 Å². The van der Waals surface area contributed by atoms with Gasteiger partial charge in [-0.25, -0.2) is 0 Å². The van der Waals surface area contributed by atoms with Crippen LogP contribution in [0.1, 0.15) is 51.9 Å². The maximum absolute atomic E-state index is 12.5. The van der Waals surface area contributed by atoms with Crippen LogP contribution in [0.15, 0.2) is 0 Å². The van der Waals surface area contributed by atoms with Gasteiger partial charge in [0.25, 0.3) is 0 Å². The van der Waals surface area contributed by atoms with Gasteiger partial charge < -0.3 is 10.2 Å². The molecular weight excluding hydrogens is 236 g/mol. The number of nitrogens with zero attached hydrogens (tertiary/aromatic N) is 1. The molecule has 3 nitrogen and oxygen atoms in total. The third-order valence-corrected chi connectivity index (χ3v) is 4.92. The van der Waals surface area contributed by atoms with Crippen molar-refractivity contribution in [2.45, 2.75) is 51.9 Å². The van der Waals surface area contributed by atoms with Gasteiger partial charge in [0.15, 0.2) is 0 Å². The molecule has 110 valence electrons. The van der Waals surface area contributed by atoms with Crippen molar-refractivity contribution in [3.63, 3.8) is 0 Å². The lowest BCUT2D eigenvalue weighted by Crippen LogP contribution is -2.35. The molecule has 1 aliphatic heterocycles. The van der Waals surface area contributed by atoms with Crippen LogP contribution in [-0.2, 0) is 4.79 Å². The number of likely N-dealkylation sites (tertiary alicyclic amines) is 1. The molecule has 3 heteroatoms. The van der Waals surface area contributed by atoms with Crippen molar-refractivity contribution in [1.82, 2.24) is 10.2 Å². The molecule has 0 aromatic heterocycles. The van der Waals surface area contributed by atoms with Crippen LogP contribution in [0.25, 0.3) is 0 Å². The summed E-state index contributed by atoms with van der Waals surface area (Å²) < 4.78 is 0. The third-order valence-electron chi connectivity index (χ3n) is 4.92. The van der Waals surface area contributed by atoms with Crippen LogP contribution in [0, 0.1) is 17.8 Å². The molecule has 2 fully saturated rings. The molecule has 1 amide bonds. The number of carbonyl (C=O) groups is 1. The lowest BCUT2D eigenvalue weighted by atomic mass is 9.83. The summed E-state index contributed by atoms with van der Waals surface area (Å²) in [6.07, 6.45) is 9.13. The summed E-state index contributed by atoms with van der Waals surface area (Å²) in [7, 11) is 2.00. The number of amides is 1.